The monoisotopic (exact) mass is 416 g/mol. The Bertz CT molecular complexity index is 916. The van der Waals surface area contributed by atoms with E-state index in [2.05, 4.69) is 6.92 Å². The average Bonchev–Trinajstić information content (AvgIpc) is 2.71. The summed E-state index contributed by atoms with van der Waals surface area (Å²) < 4.78 is 22.6. The first-order valence-electron chi connectivity index (χ1n) is 10.5. The molecule has 0 aliphatic heterocycles. The number of ether oxygens (including phenoxy) is 4. The van der Waals surface area contributed by atoms with Gasteiger partial charge < -0.3 is 18.9 Å². The maximum atomic E-state index is 12.5. The van der Waals surface area contributed by atoms with E-state index in [0.29, 0.717) is 23.6 Å². The normalized spacial score (nSPS) is 10.7. The summed E-state index contributed by atoms with van der Waals surface area (Å²) in [4.78, 5) is 24.8. The van der Waals surface area contributed by atoms with E-state index in [9.17, 15) is 9.59 Å². The van der Waals surface area contributed by atoms with Crippen LogP contribution in [0.5, 0.6) is 23.0 Å². The van der Waals surface area contributed by atoms with Crippen molar-refractivity contribution in [2.45, 2.75) is 66.2 Å². The Morgan fingerprint density at radius 2 is 1.17 bits per heavy atom. The zero-order valence-electron chi connectivity index (χ0n) is 18.8. The maximum Gasteiger partial charge on any atom is 0.311 e. The number of aryl methyl sites for hydroxylation is 2. The van der Waals surface area contributed by atoms with E-state index in [1.54, 1.807) is 0 Å². The van der Waals surface area contributed by atoms with Crippen molar-refractivity contribution in [1.82, 2.24) is 0 Å². The van der Waals surface area contributed by atoms with Gasteiger partial charge in [-0.3, -0.25) is 9.59 Å². The largest absolute Gasteiger partial charge is 0.490 e. The molecule has 0 aliphatic carbocycles. The number of esters is 2. The molecule has 6 heteroatoms. The van der Waals surface area contributed by atoms with Gasteiger partial charge in [0, 0.05) is 23.6 Å². The lowest BCUT2D eigenvalue weighted by molar-refractivity contribution is -0.135. The van der Waals surface area contributed by atoms with Crippen molar-refractivity contribution in [3.63, 3.8) is 0 Å². The molecule has 30 heavy (non-hydrogen) atoms. The van der Waals surface area contributed by atoms with Gasteiger partial charge in [0.1, 0.15) is 0 Å². The number of hydrogen-bond acceptors (Lipinski definition) is 6. The minimum absolute atomic E-state index is 0.231. The number of unbranched alkanes of at least 4 members (excludes halogenated alkanes) is 2. The van der Waals surface area contributed by atoms with Gasteiger partial charge >= 0.3 is 11.9 Å². The van der Waals surface area contributed by atoms with Crippen LogP contribution < -0.4 is 18.9 Å². The first-order valence-corrected chi connectivity index (χ1v) is 10.5. The molecule has 0 bridgehead atoms. The van der Waals surface area contributed by atoms with E-state index in [0.717, 1.165) is 30.4 Å². The van der Waals surface area contributed by atoms with Crippen LogP contribution in [0, 0.1) is 13.8 Å². The summed E-state index contributed by atoms with van der Waals surface area (Å²) in [5.74, 6) is 0.326. The predicted molar refractivity (Wildman–Crippen MR) is 117 cm³/mol. The van der Waals surface area contributed by atoms with Gasteiger partial charge in [0.15, 0.2) is 11.5 Å². The Balaban J connectivity index is 2.69. The summed E-state index contributed by atoms with van der Waals surface area (Å²) in [6, 6.07) is 3.83. The molecule has 0 N–H and O–H groups in total. The van der Waals surface area contributed by atoms with Crippen molar-refractivity contribution in [1.29, 1.82) is 0 Å². The molecule has 0 atom stereocenters. The Kier molecular flexibility index (Phi) is 8.51. The van der Waals surface area contributed by atoms with Gasteiger partial charge in [-0.05, 0) is 49.9 Å². The van der Waals surface area contributed by atoms with Crippen LogP contribution in [0.3, 0.4) is 0 Å². The van der Waals surface area contributed by atoms with Gasteiger partial charge in [0.05, 0.1) is 14.2 Å². The number of carbonyl (C=O) groups is 2. The Morgan fingerprint density at radius 1 is 0.700 bits per heavy atom. The van der Waals surface area contributed by atoms with Gasteiger partial charge in [-0.1, -0.05) is 26.7 Å². The van der Waals surface area contributed by atoms with Gasteiger partial charge in [0.25, 0.3) is 0 Å². The lowest BCUT2D eigenvalue weighted by atomic mass is 10.00. The molecule has 164 valence electrons. The maximum absolute atomic E-state index is 12.5. The lowest BCUT2D eigenvalue weighted by Crippen LogP contribution is -2.12. The van der Waals surface area contributed by atoms with Crippen LogP contribution in [0.25, 0.3) is 10.8 Å². The number of rotatable bonds is 10. The number of hydrogen-bond donors (Lipinski definition) is 0. The molecule has 2 rings (SSSR count). The summed E-state index contributed by atoms with van der Waals surface area (Å²) in [5, 5.41) is 1.27. The zero-order chi connectivity index (χ0) is 22.3. The van der Waals surface area contributed by atoms with Gasteiger partial charge in [0.2, 0.25) is 11.5 Å². The minimum Gasteiger partial charge on any atom is -0.490 e. The second-order valence-corrected chi connectivity index (χ2v) is 7.36. The number of fused-ring (bicyclic) bond motifs is 1. The molecule has 2 aromatic rings. The molecular weight excluding hydrogens is 384 g/mol. The second-order valence-electron chi connectivity index (χ2n) is 7.36. The molecule has 0 heterocycles. The molecule has 0 radical (unpaired) electrons. The standard InChI is InChI=1S/C24H32O6/c1-7-9-10-12-20(26)30-22-18-14-16(4)15(3)13-17(18)21(29-19(25)11-8-2)23(27-5)24(22)28-6/h13-14H,7-12H2,1-6H3. The number of methoxy groups -OCH3 is 2. The zero-order valence-corrected chi connectivity index (χ0v) is 18.8. The number of carbonyl (C=O) groups excluding carboxylic acids is 2. The van der Waals surface area contributed by atoms with E-state index >= 15 is 0 Å². The Hall–Kier alpha value is -2.76. The lowest BCUT2D eigenvalue weighted by Gasteiger charge is -2.20. The first kappa shape index (κ1) is 23.5. The Morgan fingerprint density at radius 3 is 1.57 bits per heavy atom. The van der Waals surface area contributed by atoms with E-state index in [1.807, 2.05) is 32.9 Å². The predicted octanol–water partition coefficient (Wildman–Crippen LogP) is 5.67. The van der Waals surface area contributed by atoms with E-state index < -0.39 is 0 Å². The SMILES string of the molecule is CCCCCC(=O)Oc1c(OC)c(OC)c(OC(=O)CCC)c2cc(C)c(C)cc12. The summed E-state index contributed by atoms with van der Waals surface area (Å²) in [6.45, 7) is 7.93. The van der Waals surface area contributed by atoms with Crippen molar-refractivity contribution in [2.75, 3.05) is 14.2 Å². The van der Waals surface area contributed by atoms with Crippen molar-refractivity contribution < 1.29 is 28.5 Å². The third kappa shape index (κ3) is 5.23. The van der Waals surface area contributed by atoms with E-state index in [1.165, 1.54) is 14.2 Å². The van der Waals surface area contributed by atoms with E-state index in [4.69, 9.17) is 18.9 Å². The first-order chi connectivity index (χ1) is 14.4. The van der Waals surface area contributed by atoms with E-state index in [-0.39, 0.29) is 41.4 Å². The van der Waals surface area contributed by atoms with Crippen molar-refractivity contribution in [2.24, 2.45) is 0 Å². The van der Waals surface area contributed by atoms with Crippen LogP contribution in [-0.4, -0.2) is 26.2 Å². The highest BCUT2D eigenvalue weighted by Crippen LogP contribution is 2.51. The summed E-state index contributed by atoms with van der Waals surface area (Å²) >= 11 is 0. The molecule has 0 unspecified atom stereocenters. The summed E-state index contributed by atoms with van der Waals surface area (Å²) in [5.41, 5.74) is 2.03. The molecule has 2 aromatic carbocycles. The summed E-state index contributed by atoms with van der Waals surface area (Å²) in [7, 11) is 2.94. The minimum atomic E-state index is -0.360. The molecule has 0 aliphatic rings. The smallest absolute Gasteiger partial charge is 0.311 e. The van der Waals surface area contributed by atoms with Crippen LogP contribution in [0.1, 0.15) is 63.5 Å². The number of benzene rings is 2. The molecular formula is C24H32O6. The second kappa shape index (κ2) is 10.9. The highest BCUT2D eigenvalue weighted by molar-refractivity contribution is 6.02. The highest BCUT2D eigenvalue weighted by atomic mass is 16.6. The molecule has 0 fully saturated rings. The van der Waals surface area contributed by atoms with Crippen molar-refractivity contribution in [3.05, 3.63) is 23.3 Å². The molecule has 0 aromatic heterocycles. The molecule has 0 amide bonds. The van der Waals surface area contributed by atoms with Crippen molar-refractivity contribution in [3.8, 4) is 23.0 Å². The fourth-order valence-corrected chi connectivity index (χ4v) is 3.27. The van der Waals surface area contributed by atoms with Crippen LogP contribution in [0.15, 0.2) is 12.1 Å². The molecule has 0 saturated carbocycles. The quantitative estimate of drug-likeness (QED) is 0.282. The van der Waals surface area contributed by atoms with Crippen LogP contribution in [0.4, 0.5) is 0 Å². The van der Waals surface area contributed by atoms with Crippen molar-refractivity contribution >= 4 is 22.7 Å². The fraction of sp³-hybridized carbons (Fsp3) is 0.500. The van der Waals surface area contributed by atoms with Crippen LogP contribution in [0.2, 0.25) is 0 Å². The molecule has 0 spiro atoms. The Labute approximate surface area is 178 Å². The van der Waals surface area contributed by atoms with Gasteiger partial charge in [-0.15, -0.1) is 0 Å². The van der Waals surface area contributed by atoms with Gasteiger partial charge in [-0.25, -0.2) is 0 Å². The topological polar surface area (TPSA) is 71.1 Å². The fourth-order valence-electron chi connectivity index (χ4n) is 3.27. The summed E-state index contributed by atoms with van der Waals surface area (Å²) in [6.07, 6.45) is 4.01. The molecule has 6 nitrogen and oxygen atoms in total. The average molecular weight is 417 g/mol. The van der Waals surface area contributed by atoms with Gasteiger partial charge in [-0.2, -0.15) is 0 Å². The highest BCUT2D eigenvalue weighted by Gasteiger charge is 2.27. The third-order valence-corrected chi connectivity index (χ3v) is 5.02. The van der Waals surface area contributed by atoms with Crippen LogP contribution in [-0.2, 0) is 9.59 Å². The molecule has 0 saturated heterocycles. The van der Waals surface area contributed by atoms with Crippen LogP contribution >= 0.6 is 0 Å². The third-order valence-electron chi connectivity index (χ3n) is 5.02.